The molecule has 1 atom stereocenters. The Morgan fingerprint density at radius 1 is 1.06 bits per heavy atom. The van der Waals surface area contributed by atoms with E-state index in [1.165, 1.54) is 0 Å². The lowest BCUT2D eigenvalue weighted by atomic mass is 9.95. The number of hydrogen-bond donors (Lipinski definition) is 3. The summed E-state index contributed by atoms with van der Waals surface area (Å²) in [6.45, 7) is 7.36. The van der Waals surface area contributed by atoms with Gasteiger partial charge in [0.15, 0.2) is 0 Å². The zero-order valence-electron chi connectivity index (χ0n) is 20.8. The van der Waals surface area contributed by atoms with Gasteiger partial charge in [-0.2, -0.15) is 0 Å². The summed E-state index contributed by atoms with van der Waals surface area (Å²) in [4.78, 5) is 27.5. The van der Waals surface area contributed by atoms with Crippen LogP contribution in [0.1, 0.15) is 49.9 Å². The van der Waals surface area contributed by atoms with Crippen molar-refractivity contribution >= 4 is 17.5 Å². The summed E-state index contributed by atoms with van der Waals surface area (Å²) in [5.74, 6) is -0.0601. The summed E-state index contributed by atoms with van der Waals surface area (Å²) >= 11 is 0. The summed E-state index contributed by atoms with van der Waals surface area (Å²) < 4.78 is 13.9. The van der Waals surface area contributed by atoms with Crippen molar-refractivity contribution in [2.24, 2.45) is 5.92 Å². The van der Waals surface area contributed by atoms with E-state index < -0.39 is 5.67 Å². The Morgan fingerprint density at radius 3 is 2.43 bits per heavy atom. The van der Waals surface area contributed by atoms with Crippen molar-refractivity contribution in [1.29, 1.82) is 0 Å². The van der Waals surface area contributed by atoms with E-state index in [2.05, 4.69) is 20.9 Å². The molecule has 0 bridgehead atoms. The topological polar surface area (TPSA) is 73.5 Å². The summed E-state index contributed by atoms with van der Waals surface area (Å²) in [7, 11) is 0. The average Bonchev–Trinajstić information content (AvgIpc) is 3.38. The molecule has 2 aliphatic heterocycles. The Kier molecular flexibility index (Phi) is 8.19. The molecule has 6 nitrogen and oxygen atoms in total. The van der Waals surface area contributed by atoms with Crippen molar-refractivity contribution in [2.75, 3.05) is 38.0 Å². The molecular formula is C28H37FN4O2. The quantitative estimate of drug-likeness (QED) is 0.493. The molecule has 0 radical (unpaired) electrons. The van der Waals surface area contributed by atoms with Gasteiger partial charge in [-0.05, 0) is 94.4 Å². The molecular weight excluding hydrogens is 443 g/mol. The highest BCUT2D eigenvalue weighted by atomic mass is 19.1. The molecule has 2 amide bonds. The van der Waals surface area contributed by atoms with E-state index in [-0.39, 0.29) is 17.9 Å². The molecule has 0 aromatic heterocycles. The van der Waals surface area contributed by atoms with Crippen LogP contribution in [-0.2, 0) is 4.79 Å². The molecule has 2 heterocycles. The maximum absolute atomic E-state index is 13.9. The monoisotopic (exact) mass is 480 g/mol. The molecule has 188 valence electrons. The third-order valence-electron chi connectivity index (χ3n) is 6.88. The third kappa shape index (κ3) is 7.12. The van der Waals surface area contributed by atoms with Gasteiger partial charge in [0.05, 0.1) is 6.04 Å². The van der Waals surface area contributed by atoms with Gasteiger partial charge in [-0.25, -0.2) is 4.39 Å². The van der Waals surface area contributed by atoms with E-state index in [1.807, 2.05) is 42.5 Å². The van der Waals surface area contributed by atoms with Crippen molar-refractivity contribution in [3.63, 3.8) is 0 Å². The summed E-state index contributed by atoms with van der Waals surface area (Å²) in [6, 6.07) is 15.1. The standard InChI is InChI=1S/C28H37FN4O2/c1-28(2,29)19-33-16-13-20(14-17-33)18-31-22-11-9-21(10-12-22)23-6-3-4-7-24(23)26(34)32-27(35)25-8-5-15-30-25/h3-4,6-7,9-12,20,25,30-31H,5,8,13-19H2,1-2H3,(H,32,34,35). The van der Waals surface area contributed by atoms with E-state index in [4.69, 9.17) is 0 Å². The summed E-state index contributed by atoms with van der Waals surface area (Å²) in [6.07, 6.45) is 3.83. The first-order chi connectivity index (χ1) is 16.8. The minimum Gasteiger partial charge on any atom is -0.385 e. The highest BCUT2D eigenvalue weighted by Crippen LogP contribution is 2.26. The van der Waals surface area contributed by atoms with Gasteiger partial charge in [-0.15, -0.1) is 0 Å². The minimum absolute atomic E-state index is 0.263. The molecule has 2 fully saturated rings. The van der Waals surface area contributed by atoms with Crippen LogP contribution in [0.15, 0.2) is 48.5 Å². The second kappa shape index (κ2) is 11.3. The van der Waals surface area contributed by atoms with Crippen LogP contribution >= 0.6 is 0 Å². The molecule has 0 saturated carbocycles. The number of rotatable bonds is 8. The van der Waals surface area contributed by atoms with Crippen LogP contribution < -0.4 is 16.0 Å². The third-order valence-corrected chi connectivity index (χ3v) is 6.88. The van der Waals surface area contributed by atoms with E-state index >= 15 is 0 Å². The molecule has 2 aromatic carbocycles. The number of nitrogens with zero attached hydrogens (tertiary/aromatic N) is 1. The van der Waals surface area contributed by atoms with E-state index in [0.29, 0.717) is 18.0 Å². The summed E-state index contributed by atoms with van der Waals surface area (Å²) in [5, 5.41) is 9.21. The molecule has 7 heteroatoms. The number of alkyl halides is 1. The van der Waals surface area contributed by atoms with Gasteiger partial charge in [-0.1, -0.05) is 30.3 Å². The van der Waals surface area contributed by atoms with E-state index in [0.717, 1.165) is 68.7 Å². The number of hydrogen-bond acceptors (Lipinski definition) is 5. The summed E-state index contributed by atoms with van der Waals surface area (Å²) in [5.41, 5.74) is 2.10. The highest BCUT2D eigenvalue weighted by molar-refractivity contribution is 6.09. The molecule has 1 unspecified atom stereocenters. The van der Waals surface area contributed by atoms with Crippen LogP contribution in [0.5, 0.6) is 0 Å². The Balaban J connectivity index is 1.32. The fourth-order valence-electron chi connectivity index (χ4n) is 5.02. The Morgan fingerprint density at radius 2 is 1.77 bits per heavy atom. The molecule has 0 aliphatic carbocycles. The molecule has 3 N–H and O–H groups in total. The normalized spacial score (nSPS) is 19.5. The number of nitrogens with one attached hydrogen (secondary N) is 3. The first-order valence-electron chi connectivity index (χ1n) is 12.7. The van der Waals surface area contributed by atoms with Crippen LogP contribution in [0.3, 0.4) is 0 Å². The van der Waals surface area contributed by atoms with Crippen molar-refractivity contribution < 1.29 is 14.0 Å². The smallest absolute Gasteiger partial charge is 0.258 e. The van der Waals surface area contributed by atoms with Gasteiger partial charge in [0.2, 0.25) is 5.91 Å². The number of benzene rings is 2. The van der Waals surface area contributed by atoms with Crippen molar-refractivity contribution in [1.82, 2.24) is 15.5 Å². The zero-order chi connectivity index (χ0) is 24.8. The Hall–Kier alpha value is -2.77. The molecule has 2 aliphatic rings. The van der Waals surface area contributed by atoms with Gasteiger partial charge in [0.1, 0.15) is 5.67 Å². The van der Waals surface area contributed by atoms with Crippen molar-refractivity contribution in [3.8, 4) is 11.1 Å². The maximum atomic E-state index is 13.9. The van der Waals surface area contributed by atoms with Crippen LogP contribution in [0, 0.1) is 5.92 Å². The van der Waals surface area contributed by atoms with Gasteiger partial charge < -0.3 is 15.5 Å². The number of carbonyl (C=O) groups excluding carboxylic acids is 2. The van der Waals surface area contributed by atoms with Crippen molar-refractivity contribution in [2.45, 2.75) is 51.2 Å². The lowest BCUT2D eigenvalue weighted by molar-refractivity contribution is -0.121. The maximum Gasteiger partial charge on any atom is 0.258 e. The lowest BCUT2D eigenvalue weighted by Gasteiger charge is -2.34. The zero-order valence-corrected chi connectivity index (χ0v) is 20.8. The van der Waals surface area contributed by atoms with Gasteiger partial charge >= 0.3 is 0 Å². The number of carbonyl (C=O) groups is 2. The number of halogens is 1. The Bertz CT molecular complexity index is 1000. The van der Waals surface area contributed by atoms with Crippen LogP contribution in [0.2, 0.25) is 0 Å². The van der Waals surface area contributed by atoms with E-state index in [9.17, 15) is 14.0 Å². The van der Waals surface area contributed by atoms with Crippen LogP contribution in [0.25, 0.3) is 11.1 Å². The second-order valence-corrected chi connectivity index (χ2v) is 10.4. The lowest BCUT2D eigenvalue weighted by Crippen LogP contribution is -2.43. The fourth-order valence-corrected chi connectivity index (χ4v) is 5.02. The highest BCUT2D eigenvalue weighted by Gasteiger charge is 2.26. The SMILES string of the molecule is CC(C)(F)CN1CCC(CNc2ccc(-c3ccccc3C(=O)NC(=O)C3CCCN3)cc2)CC1. The molecule has 35 heavy (non-hydrogen) atoms. The number of likely N-dealkylation sites (tertiary alicyclic amines) is 1. The molecule has 2 saturated heterocycles. The fraction of sp³-hybridized carbons (Fsp3) is 0.500. The van der Waals surface area contributed by atoms with Gasteiger partial charge in [0, 0.05) is 24.3 Å². The molecule has 0 spiro atoms. The van der Waals surface area contributed by atoms with Crippen LogP contribution in [-0.4, -0.2) is 61.1 Å². The predicted octanol–water partition coefficient (Wildman–Crippen LogP) is 4.23. The predicted molar refractivity (Wildman–Crippen MR) is 138 cm³/mol. The number of piperidine rings is 1. The average molecular weight is 481 g/mol. The number of anilines is 1. The van der Waals surface area contributed by atoms with E-state index in [1.54, 1.807) is 19.9 Å². The van der Waals surface area contributed by atoms with Gasteiger partial charge in [0.25, 0.3) is 5.91 Å². The largest absolute Gasteiger partial charge is 0.385 e. The van der Waals surface area contributed by atoms with Crippen molar-refractivity contribution in [3.05, 3.63) is 54.1 Å². The second-order valence-electron chi connectivity index (χ2n) is 10.4. The number of imide groups is 1. The molecule has 2 aromatic rings. The minimum atomic E-state index is -1.14. The first-order valence-corrected chi connectivity index (χ1v) is 12.7. The van der Waals surface area contributed by atoms with Crippen LogP contribution in [0.4, 0.5) is 10.1 Å². The van der Waals surface area contributed by atoms with Gasteiger partial charge in [-0.3, -0.25) is 14.9 Å². The first kappa shape index (κ1) is 25.3. The number of amides is 2. The Labute approximate surface area is 207 Å². The molecule has 4 rings (SSSR count).